The summed E-state index contributed by atoms with van der Waals surface area (Å²) >= 11 is 5.42. The predicted octanol–water partition coefficient (Wildman–Crippen LogP) is 3.01. The van der Waals surface area contributed by atoms with E-state index in [0.717, 1.165) is 37.8 Å². The maximum absolute atomic E-state index is 5.42. The second-order valence-electron chi connectivity index (χ2n) is 7.17. The molecule has 4 rings (SSSR count). The molecule has 1 aromatic carbocycles. The second-order valence-corrected chi connectivity index (χ2v) is 7.58. The van der Waals surface area contributed by atoms with Gasteiger partial charge in [0.15, 0.2) is 5.11 Å². The lowest BCUT2D eigenvalue weighted by Crippen LogP contribution is -2.36. The van der Waals surface area contributed by atoms with E-state index in [1.165, 1.54) is 37.2 Å². The van der Waals surface area contributed by atoms with Gasteiger partial charge in [-0.3, -0.25) is 0 Å². The Morgan fingerprint density at radius 1 is 0.964 bits per heavy atom. The summed E-state index contributed by atoms with van der Waals surface area (Å²) in [5.74, 6) is 0.978. The van der Waals surface area contributed by atoms with E-state index in [9.17, 15) is 0 Å². The summed E-state index contributed by atoms with van der Waals surface area (Å²) in [5, 5.41) is 7.07. The van der Waals surface area contributed by atoms with Gasteiger partial charge in [-0.2, -0.15) is 0 Å². The molecule has 0 saturated carbocycles. The molecule has 0 atom stereocenters. The summed E-state index contributed by atoms with van der Waals surface area (Å²) in [6.45, 7) is 6.33. The minimum Gasteiger partial charge on any atom is -0.378 e. The molecule has 0 radical (unpaired) electrons. The Labute approximate surface area is 171 Å². The van der Waals surface area contributed by atoms with Gasteiger partial charge in [0.25, 0.3) is 0 Å². The fraction of sp³-hybridized carbons (Fsp3) is 0.429. The highest BCUT2D eigenvalue weighted by molar-refractivity contribution is 7.80. The number of nitrogens with zero attached hydrogens (tertiary/aromatic N) is 3. The Kier molecular flexibility index (Phi) is 6.24. The summed E-state index contributed by atoms with van der Waals surface area (Å²) in [6, 6.07) is 12.8. The molecule has 0 bridgehead atoms. The van der Waals surface area contributed by atoms with Gasteiger partial charge in [0, 0.05) is 38.4 Å². The molecule has 2 aliphatic rings. The van der Waals surface area contributed by atoms with Crippen LogP contribution in [0, 0.1) is 0 Å². The molecule has 1 aromatic heterocycles. The first-order valence-corrected chi connectivity index (χ1v) is 10.4. The molecular weight excluding hydrogens is 370 g/mol. The smallest absolute Gasteiger partial charge is 0.171 e. The number of hydrogen-bond acceptors (Lipinski definition) is 5. The van der Waals surface area contributed by atoms with Crippen LogP contribution in [-0.4, -0.2) is 49.5 Å². The molecular formula is C21H27N5OS. The standard InChI is InChI=1S/C21H27N5OS/c28-21(23-15-17-3-6-19(7-4-17)25-9-1-2-10-25)24-18-5-8-20(22-16-18)26-11-13-27-14-12-26/h3-8,16H,1-2,9-15H2,(H2,23,24,28). The van der Waals surface area contributed by atoms with Crippen molar-refractivity contribution in [2.75, 3.05) is 54.5 Å². The van der Waals surface area contributed by atoms with Gasteiger partial charge in [-0.25, -0.2) is 4.98 Å². The van der Waals surface area contributed by atoms with Crippen molar-refractivity contribution >= 4 is 34.5 Å². The van der Waals surface area contributed by atoms with Crippen LogP contribution in [-0.2, 0) is 11.3 Å². The number of aromatic nitrogens is 1. The van der Waals surface area contributed by atoms with Crippen LogP contribution in [0.3, 0.4) is 0 Å². The highest BCUT2D eigenvalue weighted by Crippen LogP contribution is 2.20. The summed E-state index contributed by atoms with van der Waals surface area (Å²) in [7, 11) is 0. The molecule has 2 N–H and O–H groups in total. The van der Waals surface area contributed by atoms with Crippen LogP contribution in [0.15, 0.2) is 42.6 Å². The highest BCUT2D eigenvalue weighted by Gasteiger charge is 2.13. The number of rotatable bonds is 5. The number of anilines is 3. The number of ether oxygens (including phenoxy) is 1. The fourth-order valence-corrected chi connectivity index (χ4v) is 3.79. The van der Waals surface area contributed by atoms with Gasteiger partial charge >= 0.3 is 0 Å². The van der Waals surface area contributed by atoms with Gasteiger partial charge in [-0.05, 0) is 54.9 Å². The average Bonchev–Trinajstić information content (AvgIpc) is 3.29. The number of morpholine rings is 1. The van der Waals surface area contributed by atoms with Crippen LogP contribution >= 0.6 is 12.2 Å². The van der Waals surface area contributed by atoms with Gasteiger partial charge in [0.05, 0.1) is 25.1 Å². The van der Waals surface area contributed by atoms with Crippen LogP contribution < -0.4 is 20.4 Å². The monoisotopic (exact) mass is 397 g/mol. The van der Waals surface area contributed by atoms with E-state index in [0.29, 0.717) is 11.7 Å². The first-order chi connectivity index (χ1) is 13.8. The van der Waals surface area contributed by atoms with E-state index in [-0.39, 0.29) is 0 Å². The molecule has 0 spiro atoms. The van der Waals surface area contributed by atoms with Crippen molar-refractivity contribution in [2.45, 2.75) is 19.4 Å². The summed E-state index contributed by atoms with van der Waals surface area (Å²) < 4.78 is 5.38. The van der Waals surface area contributed by atoms with Gasteiger partial charge in [-0.1, -0.05) is 12.1 Å². The Bertz CT molecular complexity index is 768. The van der Waals surface area contributed by atoms with Crippen molar-refractivity contribution < 1.29 is 4.74 Å². The Hall–Kier alpha value is -2.38. The first kappa shape index (κ1) is 19.0. The van der Waals surface area contributed by atoms with E-state index in [1.54, 1.807) is 0 Å². The third-order valence-corrected chi connectivity index (χ3v) is 5.45. The van der Waals surface area contributed by atoms with Gasteiger partial charge in [0.2, 0.25) is 0 Å². The van der Waals surface area contributed by atoms with Crippen molar-refractivity contribution in [1.82, 2.24) is 10.3 Å². The quantitative estimate of drug-likeness (QED) is 0.752. The highest BCUT2D eigenvalue weighted by atomic mass is 32.1. The minimum absolute atomic E-state index is 0.601. The van der Waals surface area contributed by atoms with E-state index < -0.39 is 0 Å². The SMILES string of the molecule is S=C(NCc1ccc(N2CCCC2)cc1)Nc1ccc(N2CCOCC2)nc1. The Morgan fingerprint density at radius 3 is 2.39 bits per heavy atom. The first-order valence-electron chi connectivity index (χ1n) is 9.95. The van der Waals surface area contributed by atoms with Crippen molar-refractivity contribution in [3.05, 3.63) is 48.2 Å². The van der Waals surface area contributed by atoms with Crippen molar-refractivity contribution in [1.29, 1.82) is 0 Å². The van der Waals surface area contributed by atoms with Crippen molar-refractivity contribution in [2.24, 2.45) is 0 Å². The molecule has 2 saturated heterocycles. The maximum Gasteiger partial charge on any atom is 0.171 e. The van der Waals surface area contributed by atoms with Crippen LogP contribution in [0.5, 0.6) is 0 Å². The largest absolute Gasteiger partial charge is 0.378 e. The summed E-state index contributed by atoms with van der Waals surface area (Å²) in [5.41, 5.74) is 3.42. The lowest BCUT2D eigenvalue weighted by molar-refractivity contribution is 0.122. The van der Waals surface area contributed by atoms with Crippen LogP contribution in [0.4, 0.5) is 17.2 Å². The third kappa shape index (κ3) is 4.91. The van der Waals surface area contributed by atoms with Crippen molar-refractivity contribution in [3.63, 3.8) is 0 Å². The zero-order valence-corrected chi connectivity index (χ0v) is 16.9. The molecule has 2 aliphatic heterocycles. The lowest BCUT2D eigenvalue weighted by Gasteiger charge is -2.27. The minimum atomic E-state index is 0.601. The molecule has 2 fully saturated rings. The van der Waals surface area contributed by atoms with Gasteiger partial charge in [-0.15, -0.1) is 0 Å². The molecule has 148 valence electrons. The Balaban J connectivity index is 1.25. The van der Waals surface area contributed by atoms with Crippen LogP contribution in [0.2, 0.25) is 0 Å². The molecule has 0 aliphatic carbocycles. The normalized spacial score (nSPS) is 16.9. The molecule has 0 unspecified atom stereocenters. The molecule has 2 aromatic rings. The topological polar surface area (TPSA) is 52.7 Å². The third-order valence-electron chi connectivity index (χ3n) is 5.20. The average molecular weight is 398 g/mol. The number of hydrogen-bond donors (Lipinski definition) is 2. The lowest BCUT2D eigenvalue weighted by atomic mass is 10.2. The maximum atomic E-state index is 5.42. The van der Waals surface area contributed by atoms with E-state index in [1.807, 2.05) is 18.3 Å². The molecule has 0 amide bonds. The van der Waals surface area contributed by atoms with Gasteiger partial charge < -0.3 is 25.2 Å². The zero-order chi connectivity index (χ0) is 19.2. The predicted molar refractivity (Wildman–Crippen MR) is 118 cm³/mol. The second kappa shape index (κ2) is 9.21. The van der Waals surface area contributed by atoms with Crippen LogP contribution in [0.1, 0.15) is 18.4 Å². The van der Waals surface area contributed by atoms with E-state index >= 15 is 0 Å². The number of pyridine rings is 1. The van der Waals surface area contributed by atoms with Gasteiger partial charge in [0.1, 0.15) is 5.82 Å². The summed E-state index contributed by atoms with van der Waals surface area (Å²) in [4.78, 5) is 9.21. The molecule has 7 heteroatoms. The number of thiocarbonyl (C=S) groups is 1. The van der Waals surface area contributed by atoms with E-state index in [2.05, 4.69) is 49.7 Å². The van der Waals surface area contributed by atoms with E-state index in [4.69, 9.17) is 17.0 Å². The molecule has 6 nitrogen and oxygen atoms in total. The van der Waals surface area contributed by atoms with Crippen LogP contribution in [0.25, 0.3) is 0 Å². The number of nitrogens with one attached hydrogen (secondary N) is 2. The number of benzene rings is 1. The zero-order valence-electron chi connectivity index (χ0n) is 16.1. The Morgan fingerprint density at radius 2 is 1.71 bits per heavy atom. The summed E-state index contributed by atoms with van der Waals surface area (Å²) in [6.07, 6.45) is 4.42. The van der Waals surface area contributed by atoms with Crippen molar-refractivity contribution in [3.8, 4) is 0 Å². The molecule has 28 heavy (non-hydrogen) atoms. The fourth-order valence-electron chi connectivity index (χ4n) is 3.60. The molecule has 3 heterocycles.